The van der Waals surface area contributed by atoms with Crippen molar-refractivity contribution in [3.05, 3.63) is 16.6 Å². The normalized spacial score (nSPS) is 19.6. The minimum absolute atomic E-state index is 0.00768. The fourth-order valence-electron chi connectivity index (χ4n) is 3.42. The standard InChI is InChI=1S/C19H29Cl2N3O2S/c1-12(2)10-16(25)23(4)15(11-13(3)17(20)21)19(26)24-8-5-6-14(24)18-22-7-9-27-18/h7,9,12-15,17H,5-6,8,10-11H2,1-4H3/t13-,14-,15-/m0/s1. The number of amides is 2. The van der Waals surface area contributed by atoms with Crippen LogP contribution in [0.2, 0.25) is 0 Å². The van der Waals surface area contributed by atoms with E-state index >= 15 is 0 Å². The molecule has 0 aromatic carbocycles. The Kier molecular flexibility index (Phi) is 8.38. The number of nitrogens with zero attached hydrogens (tertiary/aromatic N) is 3. The first kappa shape index (κ1) is 22.4. The number of rotatable bonds is 8. The van der Waals surface area contributed by atoms with Crippen molar-refractivity contribution in [3.8, 4) is 0 Å². The first-order valence-electron chi connectivity index (χ1n) is 9.46. The van der Waals surface area contributed by atoms with E-state index in [0.717, 1.165) is 17.8 Å². The summed E-state index contributed by atoms with van der Waals surface area (Å²) in [7, 11) is 1.71. The molecule has 0 unspecified atom stereocenters. The van der Waals surface area contributed by atoms with Crippen molar-refractivity contribution < 1.29 is 9.59 Å². The lowest BCUT2D eigenvalue weighted by molar-refractivity contribution is -0.146. The molecule has 0 N–H and O–H groups in total. The van der Waals surface area contributed by atoms with Crippen LogP contribution in [0.5, 0.6) is 0 Å². The highest BCUT2D eigenvalue weighted by Crippen LogP contribution is 2.35. The Morgan fingerprint density at radius 1 is 1.37 bits per heavy atom. The molecule has 1 aliphatic heterocycles. The number of alkyl halides is 2. The van der Waals surface area contributed by atoms with Gasteiger partial charge >= 0.3 is 0 Å². The Labute approximate surface area is 176 Å². The second-order valence-corrected chi connectivity index (χ2v) is 9.82. The van der Waals surface area contributed by atoms with Crippen LogP contribution < -0.4 is 0 Å². The van der Waals surface area contributed by atoms with Crippen LogP contribution >= 0.6 is 34.5 Å². The molecule has 1 aromatic heterocycles. The molecule has 0 spiro atoms. The van der Waals surface area contributed by atoms with E-state index in [1.165, 1.54) is 0 Å². The van der Waals surface area contributed by atoms with Gasteiger partial charge in [0, 0.05) is 31.6 Å². The number of hydrogen-bond acceptors (Lipinski definition) is 4. The number of hydrogen-bond donors (Lipinski definition) is 0. The summed E-state index contributed by atoms with van der Waals surface area (Å²) < 4.78 is 0. The molecule has 2 heterocycles. The average Bonchev–Trinajstić information content (AvgIpc) is 3.27. The summed E-state index contributed by atoms with van der Waals surface area (Å²) in [5.74, 6) is 0.0728. The minimum atomic E-state index is -0.581. The summed E-state index contributed by atoms with van der Waals surface area (Å²) in [6, 6.07) is -0.571. The van der Waals surface area contributed by atoms with E-state index in [0.29, 0.717) is 19.4 Å². The molecule has 1 aromatic rings. The number of halogens is 2. The molecule has 1 saturated heterocycles. The van der Waals surface area contributed by atoms with Gasteiger partial charge in [0.2, 0.25) is 11.8 Å². The van der Waals surface area contributed by atoms with Crippen LogP contribution in [0.4, 0.5) is 0 Å². The van der Waals surface area contributed by atoms with Crippen LogP contribution in [0.3, 0.4) is 0 Å². The van der Waals surface area contributed by atoms with Crippen molar-refractivity contribution in [2.45, 2.75) is 63.4 Å². The molecule has 152 valence electrons. The molecule has 0 aliphatic carbocycles. The van der Waals surface area contributed by atoms with Crippen LogP contribution in [-0.2, 0) is 9.59 Å². The third-order valence-corrected chi connectivity index (χ3v) is 6.76. The van der Waals surface area contributed by atoms with Gasteiger partial charge in [0.15, 0.2) is 0 Å². The van der Waals surface area contributed by atoms with Crippen molar-refractivity contribution in [3.63, 3.8) is 0 Å². The maximum atomic E-state index is 13.5. The maximum Gasteiger partial charge on any atom is 0.245 e. The van der Waals surface area contributed by atoms with Crippen LogP contribution in [0.15, 0.2) is 11.6 Å². The molecule has 0 bridgehead atoms. The molecule has 27 heavy (non-hydrogen) atoms. The van der Waals surface area contributed by atoms with Gasteiger partial charge in [-0.1, -0.05) is 20.8 Å². The van der Waals surface area contributed by atoms with E-state index in [2.05, 4.69) is 4.98 Å². The second-order valence-electron chi connectivity index (χ2n) is 7.73. The van der Waals surface area contributed by atoms with Gasteiger partial charge in [-0.05, 0) is 31.1 Å². The average molecular weight is 434 g/mol. The largest absolute Gasteiger partial charge is 0.334 e. The molecule has 1 fully saturated rings. The Hall–Kier alpha value is -0.850. The molecule has 2 amide bonds. The Balaban J connectivity index is 2.22. The van der Waals surface area contributed by atoms with Crippen LogP contribution in [0, 0.1) is 11.8 Å². The summed E-state index contributed by atoms with van der Waals surface area (Å²) in [5.41, 5.74) is 0. The smallest absolute Gasteiger partial charge is 0.245 e. The summed E-state index contributed by atoms with van der Waals surface area (Å²) in [4.78, 5) is 33.4. The summed E-state index contributed by atoms with van der Waals surface area (Å²) in [5, 5.41) is 2.89. The maximum absolute atomic E-state index is 13.5. The van der Waals surface area contributed by atoms with E-state index in [9.17, 15) is 9.59 Å². The van der Waals surface area contributed by atoms with E-state index in [1.54, 1.807) is 29.5 Å². The molecule has 3 atom stereocenters. The number of likely N-dealkylation sites (tertiary alicyclic amines) is 1. The molecular formula is C19H29Cl2N3O2S. The van der Waals surface area contributed by atoms with Gasteiger partial charge in [0.1, 0.15) is 15.9 Å². The Bertz CT molecular complexity index is 624. The topological polar surface area (TPSA) is 53.5 Å². The first-order chi connectivity index (χ1) is 12.7. The molecule has 5 nitrogen and oxygen atoms in total. The van der Waals surface area contributed by atoms with Gasteiger partial charge in [-0.15, -0.1) is 34.5 Å². The highest BCUT2D eigenvalue weighted by Gasteiger charge is 2.39. The predicted octanol–water partition coefficient (Wildman–Crippen LogP) is 4.51. The van der Waals surface area contributed by atoms with Gasteiger partial charge in [0.25, 0.3) is 0 Å². The fraction of sp³-hybridized carbons (Fsp3) is 0.737. The van der Waals surface area contributed by atoms with Gasteiger partial charge in [-0.25, -0.2) is 4.98 Å². The molecule has 0 radical (unpaired) electrons. The monoisotopic (exact) mass is 433 g/mol. The zero-order valence-electron chi connectivity index (χ0n) is 16.4. The number of carbonyl (C=O) groups is 2. The number of thiazole rings is 1. The molecule has 0 saturated carbocycles. The predicted molar refractivity (Wildman–Crippen MR) is 111 cm³/mol. The molecule has 8 heteroatoms. The highest BCUT2D eigenvalue weighted by atomic mass is 35.5. The van der Waals surface area contributed by atoms with Crippen molar-refractivity contribution in [1.29, 1.82) is 0 Å². The van der Waals surface area contributed by atoms with Crippen molar-refractivity contribution in [1.82, 2.24) is 14.8 Å². The van der Waals surface area contributed by atoms with E-state index in [-0.39, 0.29) is 29.7 Å². The Morgan fingerprint density at radius 3 is 2.63 bits per heavy atom. The lowest BCUT2D eigenvalue weighted by Gasteiger charge is -2.35. The lowest BCUT2D eigenvalue weighted by Crippen LogP contribution is -2.50. The van der Waals surface area contributed by atoms with Gasteiger partial charge in [-0.2, -0.15) is 0 Å². The molecule has 1 aliphatic rings. The molecular weight excluding hydrogens is 405 g/mol. The number of aromatic nitrogens is 1. The van der Waals surface area contributed by atoms with Crippen molar-refractivity contribution >= 4 is 46.4 Å². The quantitative estimate of drug-likeness (QED) is 0.566. The van der Waals surface area contributed by atoms with Crippen LogP contribution in [0.1, 0.15) is 57.5 Å². The summed E-state index contributed by atoms with van der Waals surface area (Å²) in [6.45, 7) is 6.59. The van der Waals surface area contributed by atoms with Gasteiger partial charge < -0.3 is 9.80 Å². The fourth-order valence-corrected chi connectivity index (χ4v) is 4.42. The zero-order valence-corrected chi connectivity index (χ0v) is 18.7. The minimum Gasteiger partial charge on any atom is -0.334 e. The van der Waals surface area contributed by atoms with Gasteiger partial charge in [0.05, 0.1) is 6.04 Å². The molecule has 2 rings (SSSR count). The number of carbonyl (C=O) groups excluding carboxylic acids is 2. The van der Waals surface area contributed by atoms with Crippen molar-refractivity contribution in [2.75, 3.05) is 13.6 Å². The number of likely N-dealkylation sites (N-methyl/N-ethyl adjacent to an activating group) is 1. The van der Waals surface area contributed by atoms with Crippen LogP contribution in [0.25, 0.3) is 0 Å². The van der Waals surface area contributed by atoms with E-state index < -0.39 is 10.9 Å². The lowest BCUT2D eigenvalue weighted by atomic mass is 9.99. The van der Waals surface area contributed by atoms with E-state index in [1.807, 2.05) is 31.1 Å². The summed E-state index contributed by atoms with van der Waals surface area (Å²) in [6.07, 6.45) is 4.46. The second kappa shape index (κ2) is 10.1. The van der Waals surface area contributed by atoms with Crippen LogP contribution in [-0.4, -0.2) is 51.1 Å². The Morgan fingerprint density at radius 2 is 2.07 bits per heavy atom. The third-order valence-electron chi connectivity index (χ3n) is 5.03. The SMILES string of the molecule is CC(C)CC(=O)N(C)[C@@H](C[C@H](C)C(Cl)Cl)C(=O)N1CCC[C@H]1c1nccs1. The zero-order chi connectivity index (χ0) is 20.1. The highest BCUT2D eigenvalue weighted by molar-refractivity contribution is 7.09. The van der Waals surface area contributed by atoms with E-state index in [4.69, 9.17) is 23.2 Å². The first-order valence-corrected chi connectivity index (χ1v) is 11.2. The summed E-state index contributed by atoms with van der Waals surface area (Å²) >= 11 is 13.7. The third kappa shape index (κ3) is 5.81. The van der Waals surface area contributed by atoms with Crippen molar-refractivity contribution in [2.24, 2.45) is 11.8 Å². The van der Waals surface area contributed by atoms with Gasteiger partial charge in [-0.3, -0.25) is 9.59 Å².